The van der Waals surface area contributed by atoms with E-state index in [9.17, 15) is 9.90 Å². The van der Waals surface area contributed by atoms with Gasteiger partial charge in [0.15, 0.2) is 5.84 Å². The van der Waals surface area contributed by atoms with Crippen LogP contribution in [0.4, 0.5) is 0 Å². The van der Waals surface area contributed by atoms with Crippen molar-refractivity contribution in [1.82, 2.24) is 4.98 Å². The van der Waals surface area contributed by atoms with Crippen molar-refractivity contribution in [2.75, 3.05) is 0 Å². The zero-order valence-corrected chi connectivity index (χ0v) is 11.4. The number of nitrogens with zero attached hydrogens (tertiary/aromatic N) is 1. The number of aliphatic imine (C=N–C) groups is 1. The van der Waals surface area contributed by atoms with E-state index in [4.69, 9.17) is 5.41 Å². The molecule has 0 saturated carbocycles. The summed E-state index contributed by atoms with van der Waals surface area (Å²) in [7, 11) is 0. The molecule has 0 spiro atoms. The quantitative estimate of drug-likeness (QED) is 0.642. The number of hydrogen-bond donors (Lipinski definition) is 3. The second-order valence-electron chi connectivity index (χ2n) is 5.08. The van der Waals surface area contributed by atoms with E-state index in [2.05, 4.69) is 9.98 Å². The molecular formula is C17H11N3O2. The molecule has 0 amide bonds. The molecule has 5 nitrogen and oxygen atoms in total. The van der Waals surface area contributed by atoms with Crippen LogP contribution in [-0.4, -0.2) is 21.6 Å². The largest absolute Gasteiger partial charge is 0.506 e. The summed E-state index contributed by atoms with van der Waals surface area (Å²) in [6.45, 7) is 0. The van der Waals surface area contributed by atoms with Crippen molar-refractivity contribution in [1.29, 1.82) is 5.41 Å². The molecule has 3 aromatic rings. The van der Waals surface area contributed by atoms with Crippen LogP contribution in [0.1, 0.15) is 16.7 Å². The van der Waals surface area contributed by atoms with Crippen molar-refractivity contribution in [3.63, 3.8) is 0 Å². The van der Waals surface area contributed by atoms with Gasteiger partial charge in [-0.1, -0.05) is 36.4 Å². The topological polar surface area (TPSA) is 89.3 Å². The molecule has 0 radical (unpaired) electrons. The van der Waals surface area contributed by atoms with E-state index >= 15 is 0 Å². The lowest BCUT2D eigenvalue weighted by atomic mass is 9.99. The number of aromatic nitrogens is 1. The monoisotopic (exact) mass is 289 g/mol. The summed E-state index contributed by atoms with van der Waals surface area (Å²) in [5.41, 5.74) is 1.93. The summed E-state index contributed by atoms with van der Waals surface area (Å²) in [6.07, 6.45) is 0. The maximum atomic E-state index is 12.4. The van der Waals surface area contributed by atoms with E-state index in [0.717, 1.165) is 0 Å². The van der Waals surface area contributed by atoms with E-state index in [1.165, 1.54) is 0 Å². The van der Waals surface area contributed by atoms with E-state index in [1.807, 2.05) is 12.1 Å². The van der Waals surface area contributed by atoms with E-state index in [1.54, 1.807) is 36.4 Å². The van der Waals surface area contributed by atoms with Crippen LogP contribution >= 0.6 is 0 Å². The third-order valence-corrected chi connectivity index (χ3v) is 3.79. The molecule has 4 rings (SSSR count). The van der Waals surface area contributed by atoms with Crippen LogP contribution in [0.15, 0.2) is 58.3 Å². The van der Waals surface area contributed by atoms with Gasteiger partial charge < -0.3 is 10.1 Å². The molecule has 0 unspecified atom stereocenters. The number of aromatic amines is 1. The van der Waals surface area contributed by atoms with Crippen molar-refractivity contribution < 1.29 is 5.11 Å². The Kier molecular flexibility index (Phi) is 2.50. The highest BCUT2D eigenvalue weighted by Gasteiger charge is 2.26. The minimum absolute atomic E-state index is 0.0950. The first-order chi connectivity index (χ1) is 10.7. The zero-order valence-electron chi connectivity index (χ0n) is 11.4. The Morgan fingerprint density at radius 2 is 1.68 bits per heavy atom. The van der Waals surface area contributed by atoms with Crippen LogP contribution in [0.5, 0.6) is 5.75 Å². The number of pyridine rings is 1. The smallest absolute Gasteiger partial charge is 0.261 e. The maximum absolute atomic E-state index is 12.4. The molecule has 106 valence electrons. The molecule has 0 bridgehead atoms. The summed E-state index contributed by atoms with van der Waals surface area (Å²) in [6, 6.07) is 14.2. The predicted octanol–water partition coefficient (Wildman–Crippen LogP) is 2.41. The van der Waals surface area contributed by atoms with Crippen LogP contribution in [0.3, 0.4) is 0 Å². The number of rotatable bonds is 1. The Morgan fingerprint density at radius 3 is 2.50 bits per heavy atom. The number of benzene rings is 2. The van der Waals surface area contributed by atoms with Crippen molar-refractivity contribution in [3.05, 3.63) is 75.6 Å². The predicted molar refractivity (Wildman–Crippen MR) is 85.1 cm³/mol. The van der Waals surface area contributed by atoms with Gasteiger partial charge in [-0.05, 0) is 12.1 Å². The molecule has 2 aromatic carbocycles. The lowest BCUT2D eigenvalue weighted by molar-refractivity contribution is 0.479. The van der Waals surface area contributed by atoms with Crippen molar-refractivity contribution >= 4 is 22.5 Å². The molecule has 2 heterocycles. The molecule has 22 heavy (non-hydrogen) atoms. The number of para-hydroxylation sites is 1. The van der Waals surface area contributed by atoms with Crippen LogP contribution in [-0.2, 0) is 0 Å². The van der Waals surface area contributed by atoms with Gasteiger partial charge in [-0.2, -0.15) is 0 Å². The first-order valence-corrected chi connectivity index (χ1v) is 6.78. The van der Waals surface area contributed by atoms with Gasteiger partial charge in [-0.15, -0.1) is 0 Å². The highest BCUT2D eigenvalue weighted by molar-refractivity contribution is 6.29. The fourth-order valence-corrected chi connectivity index (χ4v) is 2.76. The van der Waals surface area contributed by atoms with Gasteiger partial charge in [0.2, 0.25) is 0 Å². The van der Waals surface area contributed by atoms with Gasteiger partial charge in [0.1, 0.15) is 11.3 Å². The Hall–Kier alpha value is -3.21. The normalized spacial score (nSPS) is 13.3. The highest BCUT2D eigenvalue weighted by Crippen LogP contribution is 2.29. The first-order valence-electron chi connectivity index (χ1n) is 6.78. The van der Waals surface area contributed by atoms with Gasteiger partial charge in [0, 0.05) is 16.5 Å². The maximum Gasteiger partial charge on any atom is 0.261 e. The van der Waals surface area contributed by atoms with Gasteiger partial charge in [-0.25, -0.2) is 4.99 Å². The standard InChI is InChI=1S/C17H11N3O2/c18-16-10-6-2-1-5-9(10)14(20-16)13-15(21)11-7-3-4-8-12(11)19-17(13)22/h1-8,18H,(H2,19,21,22). The zero-order chi connectivity index (χ0) is 15.3. The third-order valence-electron chi connectivity index (χ3n) is 3.79. The van der Waals surface area contributed by atoms with Crippen molar-refractivity contribution in [3.8, 4) is 5.75 Å². The van der Waals surface area contributed by atoms with Crippen molar-refractivity contribution in [2.24, 2.45) is 4.99 Å². The van der Waals surface area contributed by atoms with Gasteiger partial charge in [0.25, 0.3) is 5.56 Å². The van der Waals surface area contributed by atoms with E-state index in [-0.39, 0.29) is 17.1 Å². The fourth-order valence-electron chi connectivity index (χ4n) is 2.76. The van der Waals surface area contributed by atoms with Crippen LogP contribution in [0.25, 0.3) is 10.9 Å². The second kappa shape index (κ2) is 4.39. The molecule has 0 aliphatic carbocycles. The Balaban J connectivity index is 2.06. The van der Waals surface area contributed by atoms with Gasteiger partial charge in [0.05, 0.1) is 11.2 Å². The number of amidine groups is 1. The summed E-state index contributed by atoms with van der Waals surface area (Å²) >= 11 is 0. The fraction of sp³-hybridized carbons (Fsp3) is 0. The SMILES string of the molecule is N=C1N=C(c2c(O)c3ccccc3[nH]c2=O)c2ccccc21. The minimum atomic E-state index is -0.417. The summed E-state index contributed by atoms with van der Waals surface area (Å²) < 4.78 is 0. The number of fused-ring (bicyclic) bond motifs is 2. The van der Waals surface area contributed by atoms with Crippen LogP contribution in [0, 0.1) is 5.41 Å². The van der Waals surface area contributed by atoms with E-state index < -0.39 is 5.56 Å². The molecule has 5 heteroatoms. The first kappa shape index (κ1) is 12.5. The number of hydrogen-bond acceptors (Lipinski definition) is 3. The molecule has 3 N–H and O–H groups in total. The molecule has 1 aliphatic rings. The molecular weight excluding hydrogens is 278 g/mol. The van der Waals surface area contributed by atoms with Gasteiger partial charge in [-0.3, -0.25) is 10.2 Å². The molecule has 0 atom stereocenters. The molecule has 1 aliphatic heterocycles. The summed E-state index contributed by atoms with van der Waals surface area (Å²) in [5, 5.41) is 19.0. The average molecular weight is 289 g/mol. The Morgan fingerprint density at radius 1 is 1.00 bits per heavy atom. The lowest BCUT2D eigenvalue weighted by Crippen LogP contribution is -2.18. The number of aromatic hydroxyl groups is 1. The number of nitrogens with one attached hydrogen (secondary N) is 2. The Bertz CT molecular complexity index is 1030. The van der Waals surface area contributed by atoms with Crippen LogP contribution < -0.4 is 5.56 Å². The summed E-state index contributed by atoms with van der Waals surface area (Å²) in [5.74, 6) is -0.0137. The number of H-pyrrole nitrogens is 1. The molecule has 1 aromatic heterocycles. The Labute approximate surface area is 125 Å². The molecule has 0 saturated heterocycles. The van der Waals surface area contributed by atoms with Gasteiger partial charge >= 0.3 is 0 Å². The molecule has 0 fully saturated rings. The highest BCUT2D eigenvalue weighted by atomic mass is 16.3. The third kappa shape index (κ3) is 1.62. The van der Waals surface area contributed by atoms with Crippen LogP contribution in [0.2, 0.25) is 0 Å². The summed E-state index contributed by atoms with van der Waals surface area (Å²) in [4.78, 5) is 19.3. The van der Waals surface area contributed by atoms with Crippen molar-refractivity contribution in [2.45, 2.75) is 0 Å². The second-order valence-corrected chi connectivity index (χ2v) is 5.08. The van der Waals surface area contributed by atoms with E-state index in [0.29, 0.717) is 27.7 Å². The lowest BCUT2D eigenvalue weighted by Gasteiger charge is -2.08. The average Bonchev–Trinajstić information content (AvgIpc) is 2.85. The minimum Gasteiger partial charge on any atom is -0.506 e.